The van der Waals surface area contributed by atoms with E-state index < -0.39 is 12.1 Å². The molecule has 1 unspecified atom stereocenters. The van der Waals surface area contributed by atoms with Crippen molar-refractivity contribution in [3.05, 3.63) is 35.9 Å². The minimum absolute atomic E-state index is 0.326. The molecule has 1 atom stereocenters. The first-order valence-electron chi connectivity index (χ1n) is 4.88. The molecular formula is C11H14F3N. The van der Waals surface area contributed by atoms with Crippen molar-refractivity contribution in [1.82, 2.24) is 5.12 Å². The highest BCUT2D eigenvalue weighted by Gasteiger charge is 2.42. The van der Waals surface area contributed by atoms with Crippen molar-refractivity contribution < 1.29 is 13.3 Å². The third-order valence-corrected chi connectivity index (χ3v) is 2.37. The van der Waals surface area contributed by atoms with E-state index in [4.69, 9.17) is 0 Å². The molecule has 0 radical (unpaired) electrons. The summed E-state index contributed by atoms with van der Waals surface area (Å²) in [5.74, 6) is 0. The summed E-state index contributed by atoms with van der Waals surface area (Å²) < 4.78 is 40.4. The molecule has 0 spiro atoms. The number of hydrogen-bond donors (Lipinski definition) is 0. The fourth-order valence-corrected chi connectivity index (χ4v) is 1.20. The topological polar surface area (TPSA) is 3.24 Å². The molecule has 0 heterocycles. The van der Waals surface area contributed by atoms with Crippen molar-refractivity contribution >= 4 is 0 Å². The highest BCUT2D eigenvalue weighted by molar-refractivity contribution is 5.19. The highest BCUT2D eigenvalue weighted by Crippen LogP contribution is 2.34. The molecule has 1 rings (SSSR count). The van der Waals surface area contributed by atoms with Crippen LogP contribution in [0.3, 0.4) is 0 Å². The van der Waals surface area contributed by atoms with Gasteiger partial charge in [-0.2, -0.15) is 8.78 Å². The summed E-state index contributed by atoms with van der Waals surface area (Å²) in [7, 11) is 0. The molecule has 0 aliphatic heterocycles. The Balaban J connectivity index is 2.92. The standard InChI is InChI=1S/C11H14F3N/c1-3-9(2)15(14)11(12,13)10-7-5-4-6-8-10/h4-9H,3H2,1-2H3. The van der Waals surface area contributed by atoms with E-state index in [0.717, 1.165) is 0 Å². The van der Waals surface area contributed by atoms with Gasteiger partial charge in [0.15, 0.2) is 0 Å². The van der Waals surface area contributed by atoms with Crippen LogP contribution in [-0.4, -0.2) is 11.2 Å². The molecule has 0 N–H and O–H groups in total. The Morgan fingerprint density at radius 1 is 1.27 bits per heavy atom. The van der Waals surface area contributed by atoms with Gasteiger partial charge in [0.25, 0.3) is 0 Å². The third-order valence-electron chi connectivity index (χ3n) is 2.37. The zero-order valence-corrected chi connectivity index (χ0v) is 8.75. The van der Waals surface area contributed by atoms with E-state index in [1.165, 1.54) is 31.2 Å². The number of halogens is 3. The number of benzene rings is 1. The Labute approximate surface area is 87.4 Å². The molecule has 1 nitrogen and oxygen atoms in total. The second-order valence-electron chi connectivity index (χ2n) is 3.48. The average molecular weight is 217 g/mol. The van der Waals surface area contributed by atoms with Crippen molar-refractivity contribution in [2.75, 3.05) is 0 Å². The molecule has 0 aromatic heterocycles. The Hall–Kier alpha value is -1.03. The number of nitrogens with zero attached hydrogens (tertiary/aromatic N) is 1. The Morgan fingerprint density at radius 2 is 1.80 bits per heavy atom. The van der Waals surface area contributed by atoms with Crippen LogP contribution in [0.1, 0.15) is 25.8 Å². The molecule has 0 saturated carbocycles. The molecule has 0 amide bonds. The van der Waals surface area contributed by atoms with Gasteiger partial charge in [-0.15, -0.1) is 4.48 Å². The highest BCUT2D eigenvalue weighted by atomic mass is 19.3. The molecule has 0 aliphatic rings. The van der Waals surface area contributed by atoms with Gasteiger partial charge in [0, 0.05) is 11.6 Å². The van der Waals surface area contributed by atoms with E-state index in [1.807, 2.05) is 0 Å². The number of rotatable bonds is 4. The van der Waals surface area contributed by atoms with Crippen LogP contribution in [0.5, 0.6) is 0 Å². The van der Waals surface area contributed by atoms with Gasteiger partial charge in [-0.25, -0.2) is 0 Å². The van der Waals surface area contributed by atoms with Crippen molar-refractivity contribution in [3.8, 4) is 0 Å². The van der Waals surface area contributed by atoms with Gasteiger partial charge in [-0.1, -0.05) is 42.4 Å². The maximum atomic E-state index is 13.5. The van der Waals surface area contributed by atoms with Crippen molar-refractivity contribution in [1.29, 1.82) is 0 Å². The quantitative estimate of drug-likeness (QED) is 0.548. The van der Waals surface area contributed by atoms with Crippen LogP contribution >= 0.6 is 0 Å². The molecule has 0 fully saturated rings. The lowest BCUT2D eigenvalue weighted by Crippen LogP contribution is -2.38. The first-order valence-corrected chi connectivity index (χ1v) is 4.88. The molecule has 84 valence electrons. The molecule has 0 aliphatic carbocycles. The minimum Gasteiger partial charge on any atom is -0.181 e. The van der Waals surface area contributed by atoms with Crippen LogP contribution in [0.2, 0.25) is 0 Å². The number of alkyl halides is 2. The Kier molecular flexibility index (Phi) is 3.74. The normalized spacial score (nSPS) is 14.3. The van der Waals surface area contributed by atoms with Gasteiger partial charge in [0.1, 0.15) is 0 Å². The van der Waals surface area contributed by atoms with E-state index in [2.05, 4.69) is 0 Å². The largest absolute Gasteiger partial charge is 0.356 e. The van der Waals surface area contributed by atoms with Crippen LogP contribution in [0.15, 0.2) is 30.3 Å². The van der Waals surface area contributed by atoms with Crippen molar-refractivity contribution in [2.24, 2.45) is 0 Å². The van der Waals surface area contributed by atoms with Crippen LogP contribution in [-0.2, 0) is 6.05 Å². The molecular weight excluding hydrogens is 203 g/mol. The summed E-state index contributed by atoms with van der Waals surface area (Å²) in [6.07, 6.45) is 0.332. The molecule has 0 bridgehead atoms. The van der Waals surface area contributed by atoms with Crippen LogP contribution in [0.4, 0.5) is 13.3 Å². The zero-order chi connectivity index (χ0) is 11.5. The lowest BCUT2D eigenvalue weighted by atomic mass is 10.1. The van der Waals surface area contributed by atoms with E-state index in [0.29, 0.717) is 6.42 Å². The minimum atomic E-state index is -3.56. The summed E-state index contributed by atoms with van der Waals surface area (Å²) in [4.78, 5) is 0. The van der Waals surface area contributed by atoms with E-state index in [1.54, 1.807) is 13.0 Å². The van der Waals surface area contributed by atoms with Crippen molar-refractivity contribution in [2.45, 2.75) is 32.4 Å². The lowest BCUT2D eigenvalue weighted by Gasteiger charge is -2.27. The molecule has 4 heteroatoms. The van der Waals surface area contributed by atoms with E-state index in [-0.39, 0.29) is 10.7 Å². The predicted octanol–water partition coefficient (Wildman–Crippen LogP) is 3.72. The summed E-state index contributed by atoms with van der Waals surface area (Å²) in [5, 5.41) is -0.387. The predicted molar refractivity (Wildman–Crippen MR) is 53.0 cm³/mol. The second-order valence-corrected chi connectivity index (χ2v) is 3.48. The van der Waals surface area contributed by atoms with Gasteiger partial charge < -0.3 is 0 Å². The first kappa shape index (κ1) is 12.0. The fourth-order valence-electron chi connectivity index (χ4n) is 1.20. The SMILES string of the molecule is CCC(C)N(F)C(F)(F)c1ccccc1. The molecule has 1 aromatic rings. The molecule has 0 saturated heterocycles. The smallest absolute Gasteiger partial charge is 0.181 e. The second kappa shape index (κ2) is 4.66. The summed E-state index contributed by atoms with van der Waals surface area (Å²) in [5.41, 5.74) is -0.326. The number of hydrogen-bond acceptors (Lipinski definition) is 1. The van der Waals surface area contributed by atoms with Gasteiger partial charge in [0.05, 0.1) is 0 Å². The van der Waals surface area contributed by atoms with Gasteiger partial charge in [-0.05, 0) is 13.3 Å². The van der Waals surface area contributed by atoms with Crippen LogP contribution < -0.4 is 0 Å². The molecule has 15 heavy (non-hydrogen) atoms. The molecule has 1 aromatic carbocycles. The summed E-state index contributed by atoms with van der Waals surface area (Å²) in [6, 6.07) is 2.62. The summed E-state index contributed by atoms with van der Waals surface area (Å²) in [6.45, 7) is 3.09. The first-order chi connectivity index (χ1) is 7.00. The monoisotopic (exact) mass is 217 g/mol. The Morgan fingerprint density at radius 3 is 2.27 bits per heavy atom. The average Bonchev–Trinajstić information content (AvgIpc) is 2.28. The van der Waals surface area contributed by atoms with Crippen LogP contribution in [0, 0.1) is 0 Å². The van der Waals surface area contributed by atoms with E-state index >= 15 is 0 Å². The summed E-state index contributed by atoms with van der Waals surface area (Å²) >= 11 is 0. The zero-order valence-electron chi connectivity index (χ0n) is 8.75. The maximum absolute atomic E-state index is 13.5. The maximum Gasteiger partial charge on any atom is 0.356 e. The van der Waals surface area contributed by atoms with Gasteiger partial charge in [-0.3, -0.25) is 0 Å². The van der Waals surface area contributed by atoms with E-state index in [9.17, 15) is 13.3 Å². The van der Waals surface area contributed by atoms with Gasteiger partial charge >= 0.3 is 6.05 Å². The van der Waals surface area contributed by atoms with Gasteiger partial charge in [0.2, 0.25) is 0 Å². The van der Waals surface area contributed by atoms with Crippen molar-refractivity contribution in [3.63, 3.8) is 0 Å². The Bertz CT molecular complexity index is 300. The fraction of sp³-hybridized carbons (Fsp3) is 0.455. The van der Waals surface area contributed by atoms with Crippen LogP contribution in [0.25, 0.3) is 0 Å². The lowest BCUT2D eigenvalue weighted by molar-refractivity contribution is -0.262. The third kappa shape index (κ3) is 2.50.